The first kappa shape index (κ1) is 22.4. The highest BCUT2D eigenvalue weighted by Gasteiger charge is 2.08. The van der Waals surface area contributed by atoms with E-state index in [2.05, 4.69) is 43.0 Å². The van der Waals surface area contributed by atoms with E-state index in [9.17, 15) is 4.79 Å². The van der Waals surface area contributed by atoms with Crippen molar-refractivity contribution in [3.8, 4) is 5.75 Å². The molecule has 4 heteroatoms. The van der Waals surface area contributed by atoms with Gasteiger partial charge in [0, 0.05) is 35.0 Å². The van der Waals surface area contributed by atoms with Crippen LogP contribution in [0.4, 0.5) is 5.69 Å². The highest BCUT2D eigenvalue weighted by atomic mass is 32.2. The molecule has 0 aliphatic heterocycles. The van der Waals surface area contributed by atoms with E-state index in [1.165, 1.54) is 36.3 Å². The number of hydrogen-bond donors (Lipinski definition) is 0. The second-order valence-corrected chi connectivity index (χ2v) is 8.14. The van der Waals surface area contributed by atoms with Crippen molar-refractivity contribution in [3.05, 3.63) is 48.5 Å². The largest absolute Gasteiger partial charge is 0.427 e. The maximum atomic E-state index is 11.6. The third-order valence-electron chi connectivity index (χ3n) is 4.49. The van der Waals surface area contributed by atoms with Crippen molar-refractivity contribution < 1.29 is 9.53 Å². The number of rotatable bonds is 12. The molecule has 3 nitrogen and oxygen atoms in total. The Kier molecular flexibility index (Phi) is 9.98. The topological polar surface area (TPSA) is 29.5 Å². The van der Waals surface area contributed by atoms with Crippen LogP contribution < -0.4 is 9.64 Å². The van der Waals surface area contributed by atoms with Crippen molar-refractivity contribution in [2.24, 2.45) is 0 Å². The molecule has 2 aromatic carbocycles. The maximum absolute atomic E-state index is 11.6. The van der Waals surface area contributed by atoms with Gasteiger partial charge in [0.2, 0.25) is 0 Å². The molecule has 0 aliphatic rings. The van der Waals surface area contributed by atoms with Crippen molar-refractivity contribution >= 4 is 23.4 Å². The normalized spacial score (nSPS) is 10.7. The molecule has 152 valence electrons. The van der Waals surface area contributed by atoms with E-state index in [1.54, 1.807) is 11.8 Å². The van der Waals surface area contributed by atoms with Crippen LogP contribution in [0, 0.1) is 0 Å². The van der Waals surface area contributed by atoms with E-state index >= 15 is 0 Å². The summed E-state index contributed by atoms with van der Waals surface area (Å²) in [6, 6.07) is 16.6. The molecule has 0 spiro atoms. The molecule has 0 aromatic heterocycles. The number of benzene rings is 2. The van der Waals surface area contributed by atoms with Crippen LogP contribution in [0.5, 0.6) is 5.75 Å². The van der Waals surface area contributed by atoms with Crippen molar-refractivity contribution in [2.45, 2.75) is 69.1 Å². The summed E-state index contributed by atoms with van der Waals surface area (Å²) in [5.41, 5.74) is 1.30. The third kappa shape index (κ3) is 7.59. The van der Waals surface area contributed by atoms with E-state index in [0.29, 0.717) is 12.2 Å². The molecule has 0 amide bonds. The fraction of sp³-hybridized carbons (Fsp3) is 0.458. The minimum absolute atomic E-state index is 0.171. The van der Waals surface area contributed by atoms with Gasteiger partial charge in [-0.3, -0.25) is 4.79 Å². The monoisotopic (exact) mass is 399 g/mol. The van der Waals surface area contributed by atoms with Gasteiger partial charge in [-0.1, -0.05) is 51.4 Å². The number of hydrogen-bond acceptors (Lipinski definition) is 4. The smallest absolute Gasteiger partial charge is 0.311 e. The number of carbonyl (C=O) groups excluding carboxylic acids is 1. The fourth-order valence-corrected chi connectivity index (χ4v) is 3.78. The summed E-state index contributed by atoms with van der Waals surface area (Å²) < 4.78 is 5.33. The Morgan fingerprint density at radius 3 is 2.18 bits per heavy atom. The summed E-state index contributed by atoms with van der Waals surface area (Å²) in [4.78, 5) is 16.5. The van der Waals surface area contributed by atoms with Crippen molar-refractivity contribution in [2.75, 3.05) is 18.0 Å². The van der Waals surface area contributed by atoms with Crippen LogP contribution in [-0.4, -0.2) is 19.1 Å². The highest BCUT2D eigenvalue weighted by molar-refractivity contribution is 7.99. The van der Waals surface area contributed by atoms with E-state index < -0.39 is 0 Å². The molecule has 2 rings (SSSR count). The van der Waals surface area contributed by atoms with E-state index in [4.69, 9.17) is 4.74 Å². The fourth-order valence-electron chi connectivity index (χ4n) is 2.91. The predicted molar refractivity (Wildman–Crippen MR) is 120 cm³/mol. The summed E-state index contributed by atoms with van der Waals surface area (Å²) in [6.45, 7) is 8.69. The van der Waals surface area contributed by atoms with Crippen molar-refractivity contribution in [1.29, 1.82) is 0 Å². The lowest BCUT2D eigenvalue weighted by Crippen LogP contribution is -2.25. The van der Waals surface area contributed by atoms with Crippen LogP contribution >= 0.6 is 11.8 Å². The zero-order valence-corrected chi connectivity index (χ0v) is 18.3. The third-order valence-corrected chi connectivity index (χ3v) is 5.49. The molecule has 0 aliphatic carbocycles. The van der Waals surface area contributed by atoms with E-state index in [-0.39, 0.29) is 5.97 Å². The zero-order valence-electron chi connectivity index (χ0n) is 17.4. The number of carbonyl (C=O) groups is 1. The van der Waals surface area contributed by atoms with Crippen LogP contribution in [0.3, 0.4) is 0 Å². The lowest BCUT2D eigenvalue weighted by molar-refractivity contribution is -0.134. The summed E-state index contributed by atoms with van der Waals surface area (Å²) in [5.74, 6) is 0.441. The second kappa shape index (κ2) is 12.5. The van der Waals surface area contributed by atoms with Gasteiger partial charge in [0.25, 0.3) is 0 Å². The Balaban J connectivity index is 2.03. The Labute approximate surface area is 174 Å². The van der Waals surface area contributed by atoms with Crippen LogP contribution in [0.1, 0.15) is 59.3 Å². The molecule has 0 saturated carbocycles. The van der Waals surface area contributed by atoms with Crippen LogP contribution in [0.2, 0.25) is 0 Å². The molecule has 0 heterocycles. The Hall–Kier alpha value is -1.94. The van der Waals surface area contributed by atoms with E-state index in [1.807, 2.05) is 31.2 Å². The van der Waals surface area contributed by atoms with Gasteiger partial charge < -0.3 is 9.64 Å². The quantitative estimate of drug-likeness (QED) is 0.285. The lowest BCUT2D eigenvalue weighted by Gasteiger charge is -2.25. The standard InChI is InChI=1S/C24H33NO2S/c1-4-7-17-25(18-8-5-2)20-11-9-12-23(19-20)28-22-15-13-21(14-16-22)27-24(26)10-6-3/h9,11-16,19H,4-8,10,17-18H2,1-3H3. The molecular weight excluding hydrogens is 366 g/mol. The minimum Gasteiger partial charge on any atom is -0.427 e. The van der Waals surface area contributed by atoms with Gasteiger partial charge in [-0.15, -0.1) is 0 Å². The second-order valence-electron chi connectivity index (χ2n) is 6.99. The summed E-state index contributed by atoms with van der Waals surface area (Å²) in [7, 11) is 0. The molecule has 0 N–H and O–H groups in total. The van der Waals surface area contributed by atoms with Gasteiger partial charge in [-0.05, 0) is 61.7 Å². The molecular formula is C24H33NO2S. The Morgan fingerprint density at radius 1 is 0.893 bits per heavy atom. The van der Waals surface area contributed by atoms with Gasteiger partial charge in [0.1, 0.15) is 5.75 Å². The Bertz CT molecular complexity index is 707. The zero-order chi connectivity index (χ0) is 20.2. The van der Waals surface area contributed by atoms with Crippen LogP contribution in [0.25, 0.3) is 0 Å². The maximum Gasteiger partial charge on any atom is 0.311 e. The van der Waals surface area contributed by atoms with Crippen LogP contribution in [-0.2, 0) is 4.79 Å². The number of unbranched alkanes of at least 4 members (excludes halogenated alkanes) is 2. The Morgan fingerprint density at radius 2 is 1.57 bits per heavy atom. The van der Waals surface area contributed by atoms with E-state index in [0.717, 1.165) is 24.4 Å². The van der Waals surface area contributed by atoms with Crippen molar-refractivity contribution in [1.82, 2.24) is 0 Å². The predicted octanol–water partition coefficient (Wildman–Crippen LogP) is 6.95. The molecule has 0 fully saturated rings. The SMILES string of the molecule is CCCCN(CCCC)c1cccc(Sc2ccc(OC(=O)CCC)cc2)c1. The average molecular weight is 400 g/mol. The molecule has 2 aromatic rings. The van der Waals surface area contributed by atoms with Crippen molar-refractivity contribution in [3.63, 3.8) is 0 Å². The van der Waals surface area contributed by atoms with Gasteiger partial charge in [0.05, 0.1) is 0 Å². The van der Waals surface area contributed by atoms with Gasteiger partial charge in [0.15, 0.2) is 0 Å². The summed E-state index contributed by atoms with van der Waals surface area (Å²) in [6.07, 6.45) is 6.13. The summed E-state index contributed by atoms with van der Waals surface area (Å²) >= 11 is 1.74. The van der Waals surface area contributed by atoms with Gasteiger partial charge >= 0.3 is 5.97 Å². The highest BCUT2D eigenvalue weighted by Crippen LogP contribution is 2.31. The molecule has 0 atom stereocenters. The average Bonchev–Trinajstić information content (AvgIpc) is 2.70. The molecule has 0 radical (unpaired) electrons. The van der Waals surface area contributed by atoms with Crippen LogP contribution in [0.15, 0.2) is 58.3 Å². The molecule has 0 saturated heterocycles. The first-order valence-electron chi connectivity index (χ1n) is 10.5. The molecule has 0 bridgehead atoms. The number of nitrogens with zero attached hydrogens (tertiary/aromatic N) is 1. The lowest BCUT2D eigenvalue weighted by atomic mass is 10.2. The first-order chi connectivity index (χ1) is 13.7. The van der Waals surface area contributed by atoms with Gasteiger partial charge in [-0.25, -0.2) is 0 Å². The molecule has 0 unspecified atom stereocenters. The number of anilines is 1. The summed E-state index contributed by atoms with van der Waals surface area (Å²) in [5, 5.41) is 0. The number of esters is 1. The minimum atomic E-state index is -0.171. The first-order valence-corrected chi connectivity index (χ1v) is 11.3. The van der Waals surface area contributed by atoms with Gasteiger partial charge in [-0.2, -0.15) is 0 Å². The number of ether oxygens (including phenoxy) is 1. The molecule has 28 heavy (non-hydrogen) atoms.